The minimum atomic E-state index is -0.607. The van der Waals surface area contributed by atoms with Gasteiger partial charge in [0.15, 0.2) is 0 Å². The van der Waals surface area contributed by atoms with Crippen molar-refractivity contribution in [1.82, 2.24) is 0 Å². The molecule has 0 aliphatic carbocycles. The fourth-order valence-corrected chi connectivity index (χ4v) is 1.77. The van der Waals surface area contributed by atoms with Crippen molar-refractivity contribution in [3.05, 3.63) is 52.5 Å². The third-order valence-corrected chi connectivity index (χ3v) is 2.86. The molecule has 0 unspecified atom stereocenters. The molecule has 0 saturated heterocycles. The lowest BCUT2D eigenvalue weighted by Crippen LogP contribution is -1.92. The number of rotatable bonds is 1. The molecule has 2 aromatic carbocycles. The Hall–Kier alpha value is -1.42. The fraction of sp³-hybridized carbons (Fsp3) is 0. The van der Waals surface area contributed by atoms with Crippen molar-refractivity contribution in [2.24, 2.45) is 0 Å². The summed E-state index contributed by atoms with van der Waals surface area (Å²) in [4.78, 5) is 0. The Morgan fingerprint density at radius 1 is 0.938 bits per heavy atom. The first-order valence-electron chi connectivity index (χ1n) is 4.59. The first kappa shape index (κ1) is 11.1. The van der Waals surface area contributed by atoms with Crippen LogP contribution >= 0.6 is 15.9 Å². The molecule has 4 heteroatoms. The van der Waals surface area contributed by atoms with E-state index in [-0.39, 0.29) is 10.0 Å². The monoisotopic (exact) mass is 283 g/mol. The highest BCUT2D eigenvalue weighted by atomic mass is 79.9. The van der Waals surface area contributed by atoms with E-state index < -0.39 is 11.6 Å². The standard InChI is InChI=1S/C12H8BrF2N/c13-9-5-6-10(14)11(12(9)15)7-1-3-8(16)4-2-7/h1-6H,16H2. The van der Waals surface area contributed by atoms with Crippen molar-refractivity contribution < 1.29 is 8.78 Å². The van der Waals surface area contributed by atoms with E-state index in [0.717, 1.165) is 0 Å². The second-order valence-electron chi connectivity index (χ2n) is 3.34. The molecule has 0 aliphatic rings. The first-order valence-corrected chi connectivity index (χ1v) is 5.38. The van der Waals surface area contributed by atoms with E-state index in [1.165, 1.54) is 12.1 Å². The van der Waals surface area contributed by atoms with Crippen LogP contribution in [0.2, 0.25) is 0 Å². The Labute approximate surface area is 100 Å². The number of nitrogen functional groups attached to an aromatic ring is 1. The highest BCUT2D eigenvalue weighted by molar-refractivity contribution is 9.10. The molecule has 2 rings (SSSR count). The molecule has 0 heterocycles. The quantitative estimate of drug-likeness (QED) is 0.622. The van der Waals surface area contributed by atoms with E-state index >= 15 is 0 Å². The van der Waals surface area contributed by atoms with E-state index in [1.54, 1.807) is 24.3 Å². The number of anilines is 1. The normalized spacial score (nSPS) is 10.4. The van der Waals surface area contributed by atoms with Crippen LogP contribution in [-0.2, 0) is 0 Å². The van der Waals surface area contributed by atoms with E-state index in [1.807, 2.05) is 0 Å². The van der Waals surface area contributed by atoms with Crippen molar-refractivity contribution in [2.75, 3.05) is 5.73 Å². The zero-order valence-electron chi connectivity index (χ0n) is 8.18. The number of benzene rings is 2. The molecule has 16 heavy (non-hydrogen) atoms. The maximum Gasteiger partial charge on any atom is 0.148 e. The molecule has 0 bridgehead atoms. The Morgan fingerprint density at radius 3 is 2.19 bits per heavy atom. The summed E-state index contributed by atoms with van der Waals surface area (Å²) in [6, 6.07) is 8.95. The number of hydrogen-bond acceptors (Lipinski definition) is 1. The van der Waals surface area contributed by atoms with Gasteiger partial charge in [-0.3, -0.25) is 0 Å². The van der Waals surface area contributed by atoms with Gasteiger partial charge in [-0.15, -0.1) is 0 Å². The second kappa shape index (κ2) is 4.22. The summed E-state index contributed by atoms with van der Waals surface area (Å²) in [6.45, 7) is 0. The van der Waals surface area contributed by atoms with Crippen LogP contribution < -0.4 is 5.73 Å². The van der Waals surface area contributed by atoms with E-state index in [9.17, 15) is 8.78 Å². The lowest BCUT2D eigenvalue weighted by Gasteiger charge is -2.06. The summed E-state index contributed by atoms with van der Waals surface area (Å²) in [7, 11) is 0. The summed E-state index contributed by atoms with van der Waals surface area (Å²) >= 11 is 3.03. The van der Waals surface area contributed by atoms with Crippen molar-refractivity contribution in [1.29, 1.82) is 0 Å². The van der Waals surface area contributed by atoms with Gasteiger partial charge in [-0.25, -0.2) is 8.78 Å². The van der Waals surface area contributed by atoms with Gasteiger partial charge in [0.25, 0.3) is 0 Å². The van der Waals surface area contributed by atoms with Crippen molar-refractivity contribution in [3.8, 4) is 11.1 Å². The summed E-state index contributed by atoms with van der Waals surface area (Å²) in [5.41, 5.74) is 6.49. The van der Waals surface area contributed by atoms with Gasteiger partial charge in [0.2, 0.25) is 0 Å². The van der Waals surface area contributed by atoms with Gasteiger partial charge in [0.05, 0.1) is 10.0 Å². The molecule has 2 N–H and O–H groups in total. The molecule has 0 aromatic heterocycles. The van der Waals surface area contributed by atoms with E-state index in [2.05, 4.69) is 15.9 Å². The minimum Gasteiger partial charge on any atom is -0.399 e. The molecule has 0 atom stereocenters. The molecule has 0 fully saturated rings. The van der Waals surface area contributed by atoms with Crippen molar-refractivity contribution in [3.63, 3.8) is 0 Å². The maximum atomic E-state index is 13.7. The zero-order valence-corrected chi connectivity index (χ0v) is 9.76. The van der Waals surface area contributed by atoms with Crippen LogP contribution in [0.4, 0.5) is 14.5 Å². The van der Waals surface area contributed by atoms with Gasteiger partial charge in [-0.2, -0.15) is 0 Å². The number of hydrogen-bond donors (Lipinski definition) is 1. The van der Waals surface area contributed by atoms with Crippen LogP contribution in [0.25, 0.3) is 11.1 Å². The lowest BCUT2D eigenvalue weighted by molar-refractivity contribution is 0.585. The average molecular weight is 284 g/mol. The molecule has 82 valence electrons. The molecule has 1 nitrogen and oxygen atoms in total. The molecular weight excluding hydrogens is 276 g/mol. The molecular formula is C12H8BrF2N. The third-order valence-electron chi connectivity index (χ3n) is 2.24. The van der Waals surface area contributed by atoms with Crippen LogP contribution in [0, 0.1) is 11.6 Å². The fourth-order valence-electron chi connectivity index (χ4n) is 1.44. The Morgan fingerprint density at radius 2 is 1.56 bits per heavy atom. The molecule has 0 amide bonds. The SMILES string of the molecule is Nc1ccc(-c2c(F)ccc(Br)c2F)cc1. The van der Waals surface area contributed by atoms with E-state index in [0.29, 0.717) is 11.3 Å². The molecule has 0 saturated carbocycles. The van der Waals surface area contributed by atoms with Gasteiger partial charge in [0, 0.05) is 5.69 Å². The second-order valence-corrected chi connectivity index (χ2v) is 4.19. The number of nitrogens with two attached hydrogens (primary N) is 1. The van der Waals surface area contributed by atoms with Crippen LogP contribution in [0.15, 0.2) is 40.9 Å². The average Bonchev–Trinajstić information content (AvgIpc) is 2.27. The Kier molecular flexibility index (Phi) is 2.92. The van der Waals surface area contributed by atoms with E-state index in [4.69, 9.17) is 5.73 Å². The predicted octanol–water partition coefficient (Wildman–Crippen LogP) is 3.98. The smallest absolute Gasteiger partial charge is 0.148 e. The van der Waals surface area contributed by atoms with Gasteiger partial charge in [-0.1, -0.05) is 12.1 Å². The van der Waals surface area contributed by atoms with Crippen LogP contribution in [0.5, 0.6) is 0 Å². The van der Waals surface area contributed by atoms with Gasteiger partial charge < -0.3 is 5.73 Å². The highest BCUT2D eigenvalue weighted by Crippen LogP contribution is 2.30. The minimum absolute atomic E-state index is 0.0469. The zero-order chi connectivity index (χ0) is 11.7. The third kappa shape index (κ3) is 1.93. The van der Waals surface area contributed by atoms with Crippen molar-refractivity contribution in [2.45, 2.75) is 0 Å². The molecule has 0 aliphatic heterocycles. The van der Waals surface area contributed by atoms with Gasteiger partial charge in [0.1, 0.15) is 11.6 Å². The highest BCUT2D eigenvalue weighted by Gasteiger charge is 2.13. The first-order chi connectivity index (χ1) is 7.59. The van der Waals surface area contributed by atoms with Crippen LogP contribution in [-0.4, -0.2) is 0 Å². The molecule has 0 radical (unpaired) electrons. The summed E-state index contributed by atoms with van der Waals surface area (Å²) < 4.78 is 27.5. The van der Waals surface area contributed by atoms with Gasteiger partial charge >= 0.3 is 0 Å². The van der Waals surface area contributed by atoms with Crippen molar-refractivity contribution >= 4 is 21.6 Å². The maximum absolute atomic E-state index is 13.7. The summed E-state index contributed by atoms with van der Waals surface area (Å²) in [6.07, 6.45) is 0. The topological polar surface area (TPSA) is 26.0 Å². The van der Waals surface area contributed by atoms with Crippen LogP contribution in [0.3, 0.4) is 0 Å². The lowest BCUT2D eigenvalue weighted by atomic mass is 10.0. The van der Waals surface area contributed by atoms with Gasteiger partial charge in [-0.05, 0) is 45.8 Å². The molecule has 2 aromatic rings. The predicted molar refractivity (Wildman–Crippen MR) is 63.9 cm³/mol. The number of halogens is 3. The van der Waals surface area contributed by atoms with Crippen LogP contribution in [0.1, 0.15) is 0 Å². The Balaban J connectivity index is 2.63. The Bertz CT molecular complexity index is 523. The summed E-state index contributed by atoms with van der Waals surface area (Å²) in [5, 5.41) is 0. The molecule has 0 spiro atoms. The summed E-state index contributed by atoms with van der Waals surface area (Å²) in [5.74, 6) is -1.20. The largest absolute Gasteiger partial charge is 0.399 e.